The summed E-state index contributed by atoms with van der Waals surface area (Å²) in [6, 6.07) is 6.91. The van der Waals surface area contributed by atoms with E-state index in [0.717, 1.165) is 16.4 Å². The van der Waals surface area contributed by atoms with Crippen LogP contribution in [0.2, 0.25) is 0 Å². The van der Waals surface area contributed by atoms with Crippen LogP contribution in [0.1, 0.15) is 38.1 Å². The van der Waals surface area contributed by atoms with Crippen molar-refractivity contribution in [2.45, 2.75) is 38.9 Å². The lowest BCUT2D eigenvalue weighted by molar-refractivity contribution is -0.107. The zero-order valence-electron chi connectivity index (χ0n) is 13.1. The monoisotopic (exact) mass is 324 g/mol. The van der Waals surface area contributed by atoms with E-state index in [-0.39, 0.29) is 0 Å². The maximum atomic E-state index is 10.5. The van der Waals surface area contributed by atoms with Gasteiger partial charge in [-0.2, -0.15) is 0 Å². The Bertz CT molecular complexity index is 625. The Hall–Kier alpha value is -1.25. The standard InChI is InChI=1S/C9H7BO3S.C6H14O2/c11-5-6-1-2-8-7(3-6)4-9(14-8)10(12)13;1-5(2,7)6(3,4)8/h1-5,12-13H;7-8H,1-4H3. The minimum atomic E-state index is -1.44. The molecule has 0 unspecified atom stereocenters. The number of fused-ring (bicyclic) bond motifs is 1. The van der Waals surface area contributed by atoms with Crippen molar-refractivity contribution >= 4 is 39.6 Å². The second-order valence-electron chi connectivity index (χ2n) is 6.06. The Morgan fingerprint density at radius 3 is 2.00 bits per heavy atom. The van der Waals surface area contributed by atoms with Crippen LogP contribution in [0.3, 0.4) is 0 Å². The third-order valence-electron chi connectivity index (χ3n) is 3.45. The van der Waals surface area contributed by atoms with Crippen molar-refractivity contribution in [2.75, 3.05) is 0 Å². The number of aldehydes is 1. The van der Waals surface area contributed by atoms with Gasteiger partial charge in [0, 0.05) is 15.0 Å². The topological polar surface area (TPSA) is 98.0 Å². The molecule has 4 N–H and O–H groups in total. The summed E-state index contributed by atoms with van der Waals surface area (Å²) < 4.78 is 1.43. The second-order valence-corrected chi connectivity index (χ2v) is 7.17. The maximum Gasteiger partial charge on any atom is 0.499 e. The summed E-state index contributed by atoms with van der Waals surface area (Å²) >= 11 is 1.31. The molecule has 5 nitrogen and oxygen atoms in total. The minimum Gasteiger partial charge on any atom is -0.423 e. The summed E-state index contributed by atoms with van der Waals surface area (Å²) in [5.41, 5.74) is -1.42. The van der Waals surface area contributed by atoms with Crippen molar-refractivity contribution in [3.05, 3.63) is 29.8 Å². The fourth-order valence-corrected chi connectivity index (χ4v) is 2.20. The van der Waals surface area contributed by atoms with Crippen LogP contribution < -0.4 is 4.78 Å². The Labute approximate surface area is 134 Å². The molecular formula is C15H21BO5S. The van der Waals surface area contributed by atoms with E-state index in [1.807, 2.05) is 0 Å². The van der Waals surface area contributed by atoms with Gasteiger partial charge in [-0.25, -0.2) is 0 Å². The molecule has 0 spiro atoms. The average molecular weight is 324 g/mol. The van der Waals surface area contributed by atoms with Gasteiger partial charge in [0.05, 0.1) is 11.2 Å². The van der Waals surface area contributed by atoms with E-state index in [9.17, 15) is 4.79 Å². The van der Waals surface area contributed by atoms with E-state index < -0.39 is 18.3 Å². The SMILES string of the molecule is CC(C)(O)C(C)(C)O.O=Cc1ccc2sc(B(O)O)cc2c1. The molecule has 0 saturated carbocycles. The molecule has 0 fully saturated rings. The van der Waals surface area contributed by atoms with E-state index in [1.165, 1.54) is 11.3 Å². The molecule has 0 saturated heterocycles. The summed E-state index contributed by atoms with van der Waals surface area (Å²) in [4.78, 5) is 10.5. The van der Waals surface area contributed by atoms with Gasteiger partial charge >= 0.3 is 7.12 Å². The smallest absolute Gasteiger partial charge is 0.423 e. The van der Waals surface area contributed by atoms with E-state index in [1.54, 1.807) is 52.0 Å². The van der Waals surface area contributed by atoms with Crippen molar-refractivity contribution in [3.8, 4) is 0 Å². The highest BCUT2D eigenvalue weighted by Crippen LogP contribution is 2.20. The van der Waals surface area contributed by atoms with Gasteiger partial charge in [0.25, 0.3) is 0 Å². The zero-order valence-corrected chi connectivity index (χ0v) is 13.9. The average Bonchev–Trinajstić information content (AvgIpc) is 2.79. The molecule has 22 heavy (non-hydrogen) atoms. The lowest BCUT2D eigenvalue weighted by Gasteiger charge is -2.31. The summed E-state index contributed by atoms with van der Waals surface area (Å²) in [6.45, 7) is 6.31. The molecule has 2 rings (SSSR count). The Morgan fingerprint density at radius 2 is 1.59 bits per heavy atom. The number of aliphatic hydroxyl groups is 2. The number of carbonyl (C=O) groups excluding carboxylic acids is 1. The van der Waals surface area contributed by atoms with Crippen LogP contribution in [-0.4, -0.2) is 44.9 Å². The first kappa shape index (κ1) is 18.8. The van der Waals surface area contributed by atoms with Crippen LogP contribution in [0, 0.1) is 0 Å². The van der Waals surface area contributed by atoms with E-state index in [4.69, 9.17) is 20.3 Å². The minimum absolute atomic E-state index is 0.489. The molecule has 2 aromatic rings. The maximum absolute atomic E-state index is 10.5. The first-order valence-corrected chi connectivity index (χ1v) is 7.57. The summed E-state index contributed by atoms with van der Waals surface area (Å²) in [7, 11) is -1.44. The van der Waals surface area contributed by atoms with Gasteiger partial charge in [-0.1, -0.05) is 6.07 Å². The molecule has 0 radical (unpaired) electrons. The largest absolute Gasteiger partial charge is 0.499 e. The third kappa shape index (κ3) is 4.89. The molecule has 0 atom stereocenters. The van der Waals surface area contributed by atoms with Crippen molar-refractivity contribution in [1.29, 1.82) is 0 Å². The van der Waals surface area contributed by atoms with Crippen LogP contribution in [0.4, 0.5) is 0 Å². The van der Waals surface area contributed by atoms with Crippen LogP contribution >= 0.6 is 11.3 Å². The fraction of sp³-hybridized carbons (Fsp3) is 0.400. The number of hydrogen-bond acceptors (Lipinski definition) is 6. The predicted octanol–water partition coefficient (Wildman–Crippen LogP) is 0.922. The van der Waals surface area contributed by atoms with Crippen molar-refractivity contribution in [3.63, 3.8) is 0 Å². The molecule has 120 valence electrons. The second kappa shape index (κ2) is 6.89. The normalized spacial score (nSPS) is 11.8. The van der Waals surface area contributed by atoms with Gasteiger partial charge in [0.2, 0.25) is 0 Å². The number of carbonyl (C=O) groups is 1. The fourth-order valence-electron chi connectivity index (χ4n) is 1.28. The number of benzene rings is 1. The Morgan fingerprint density at radius 1 is 1.05 bits per heavy atom. The van der Waals surface area contributed by atoms with Crippen molar-refractivity contribution in [2.24, 2.45) is 0 Å². The summed E-state index contributed by atoms with van der Waals surface area (Å²) in [5.74, 6) is 0. The van der Waals surface area contributed by atoms with Gasteiger partial charge in [0.1, 0.15) is 6.29 Å². The number of rotatable bonds is 3. The first-order chi connectivity index (χ1) is 9.95. The third-order valence-corrected chi connectivity index (χ3v) is 4.60. The van der Waals surface area contributed by atoms with Crippen LogP contribution in [0.25, 0.3) is 10.1 Å². The zero-order chi connectivity index (χ0) is 17.1. The molecule has 0 aliphatic carbocycles. The molecule has 0 bridgehead atoms. The van der Waals surface area contributed by atoms with E-state index >= 15 is 0 Å². The molecule has 0 amide bonds. The van der Waals surface area contributed by atoms with Gasteiger partial charge in [-0.05, 0) is 51.3 Å². The number of hydrogen-bond donors (Lipinski definition) is 4. The molecule has 0 aliphatic rings. The summed E-state index contributed by atoms with van der Waals surface area (Å²) in [5, 5.41) is 37.0. The first-order valence-electron chi connectivity index (χ1n) is 6.75. The Kier molecular flexibility index (Phi) is 5.89. The summed E-state index contributed by atoms with van der Waals surface area (Å²) in [6.07, 6.45) is 0.770. The Balaban J connectivity index is 0.000000261. The molecule has 1 aromatic carbocycles. The van der Waals surface area contributed by atoms with Crippen LogP contribution in [0.15, 0.2) is 24.3 Å². The van der Waals surface area contributed by atoms with Gasteiger partial charge in [-0.15, -0.1) is 11.3 Å². The molecular weight excluding hydrogens is 303 g/mol. The highest BCUT2D eigenvalue weighted by atomic mass is 32.1. The quantitative estimate of drug-likeness (QED) is 0.497. The van der Waals surface area contributed by atoms with E-state index in [0.29, 0.717) is 10.3 Å². The lowest BCUT2D eigenvalue weighted by atomic mass is 9.89. The molecule has 1 heterocycles. The number of thiophene rings is 1. The van der Waals surface area contributed by atoms with Crippen molar-refractivity contribution < 1.29 is 25.1 Å². The molecule has 7 heteroatoms. The van der Waals surface area contributed by atoms with Crippen LogP contribution in [-0.2, 0) is 0 Å². The lowest BCUT2D eigenvalue weighted by Crippen LogP contribution is -2.44. The highest BCUT2D eigenvalue weighted by molar-refractivity contribution is 7.27. The predicted molar refractivity (Wildman–Crippen MR) is 89.6 cm³/mol. The van der Waals surface area contributed by atoms with Gasteiger partial charge in [-0.3, -0.25) is 4.79 Å². The van der Waals surface area contributed by atoms with E-state index in [2.05, 4.69) is 0 Å². The van der Waals surface area contributed by atoms with Gasteiger partial charge in [0.15, 0.2) is 0 Å². The van der Waals surface area contributed by atoms with Crippen molar-refractivity contribution in [1.82, 2.24) is 0 Å². The van der Waals surface area contributed by atoms with Crippen LogP contribution in [0.5, 0.6) is 0 Å². The van der Waals surface area contributed by atoms with Gasteiger partial charge < -0.3 is 20.3 Å². The molecule has 1 aromatic heterocycles. The molecule has 0 aliphatic heterocycles. The highest BCUT2D eigenvalue weighted by Gasteiger charge is 2.31.